The Bertz CT molecular complexity index is 772. The molecule has 0 aliphatic heterocycles. The number of carbonyl (C=O) groups is 2. The maximum absolute atomic E-state index is 12.2. The van der Waals surface area contributed by atoms with Crippen molar-refractivity contribution in [1.82, 2.24) is 0 Å². The van der Waals surface area contributed by atoms with Gasteiger partial charge in [-0.25, -0.2) is 0 Å². The summed E-state index contributed by atoms with van der Waals surface area (Å²) < 4.78 is 5.09. The second kappa shape index (κ2) is 11.0. The van der Waals surface area contributed by atoms with Crippen molar-refractivity contribution in [3.63, 3.8) is 0 Å². The smallest absolute Gasteiger partial charge is 0.316 e. The lowest BCUT2D eigenvalue weighted by molar-refractivity contribution is -0.144. The average Bonchev–Trinajstić information content (AvgIpc) is 2.68. The Morgan fingerprint density at radius 2 is 1.63 bits per heavy atom. The fraction of sp³-hybridized carbons (Fsp3) is 0.333. The van der Waals surface area contributed by atoms with Crippen molar-refractivity contribution < 1.29 is 14.3 Å². The third-order valence-electron chi connectivity index (χ3n) is 4.06. The molecule has 0 aromatic heterocycles. The zero-order valence-corrected chi connectivity index (χ0v) is 17.2. The summed E-state index contributed by atoms with van der Waals surface area (Å²) >= 11 is 7.49. The standard InChI is InChI=1S/C21H24ClNO3S/c1-3-15-9-7-10-16(4-2)21(15)23-19(24)12-26-20(25)14-27-13-17-8-5-6-11-18(17)22/h5-11H,3-4,12-14H2,1-2H3,(H,23,24). The van der Waals surface area contributed by atoms with Crippen LogP contribution in [0.25, 0.3) is 0 Å². The molecule has 2 aromatic carbocycles. The summed E-state index contributed by atoms with van der Waals surface area (Å²) in [5.41, 5.74) is 3.95. The van der Waals surface area contributed by atoms with Crippen molar-refractivity contribution in [1.29, 1.82) is 0 Å². The molecule has 4 nitrogen and oxygen atoms in total. The van der Waals surface area contributed by atoms with E-state index in [1.807, 2.05) is 56.3 Å². The summed E-state index contributed by atoms with van der Waals surface area (Å²) in [4.78, 5) is 24.0. The molecule has 0 saturated heterocycles. The highest BCUT2D eigenvalue weighted by Crippen LogP contribution is 2.23. The molecule has 2 aromatic rings. The zero-order valence-electron chi connectivity index (χ0n) is 15.6. The largest absolute Gasteiger partial charge is 0.455 e. The highest BCUT2D eigenvalue weighted by atomic mass is 35.5. The molecule has 0 spiro atoms. The molecule has 0 unspecified atom stereocenters. The molecule has 0 fully saturated rings. The predicted molar refractivity (Wildman–Crippen MR) is 112 cm³/mol. The van der Waals surface area contributed by atoms with Crippen LogP contribution in [0.2, 0.25) is 5.02 Å². The van der Waals surface area contributed by atoms with Crippen molar-refractivity contribution in [2.75, 3.05) is 17.7 Å². The molecule has 0 saturated carbocycles. The van der Waals surface area contributed by atoms with Gasteiger partial charge in [-0.2, -0.15) is 0 Å². The number of hydrogen-bond acceptors (Lipinski definition) is 4. The third-order valence-corrected chi connectivity index (χ3v) is 5.39. The Labute approximate surface area is 169 Å². The van der Waals surface area contributed by atoms with Crippen LogP contribution in [0.15, 0.2) is 42.5 Å². The van der Waals surface area contributed by atoms with Crippen LogP contribution >= 0.6 is 23.4 Å². The van der Waals surface area contributed by atoms with E-state index < -0.39 is 5.97 Å². The Balaban J connectivity index is 1.79. The number of ether oxygens (including phenoxy) is 1. The van der Waals surface area contributed by atoms with Gasteiger partial charge in [0, 0.05) is 16.5 Å². The number of amides is 1. The van der Waals surface area contributed by atoms with E-state index in [-0.39, 0.29) is 18.3 Å². The number of halogens is 1. The van der Waals surface area contributed by atoms with Gasteiger partial charge in [-0.3, -0.25) is 9.59 Å². The van der Waals surface area contributed by atoms with Crippen molar-refractivity contribution in [3.8, 4) is 0 Å². The molecule has 0 aliphatic carbocycles. The topological polar surface area (TPSA) is 55.4 Å². The number of anilines is 1. The Kier molecular flexibility index (Phi) is 8.69. The summed E-state index contributed by atoms with van der Waals surface area (Å²) in [5, 5.41) is 3.57. The van der Waals surface area contributed by atoms with Gasteiger partial charge in [0.15, 0.2) is 6.61 Å². The zero-order chi connectivity index (χ0) is 19.6. The first-order chi connectivity index (χ1) is 13.0. The molecule has 144 valence electrons. The first kappa shape index (κ1) is 21.3. The van der Waals surface area contributed by atoms with Gasteiger partial charge in [-0.15, -0.1) is 11.8 Å². The molecule has 0 radical (unpaired) electrons. The molecule has 1 N–H and O–H groups in total. The molecule has 0 aliphatic rings. The van der Waals surface area contributed by atoms with Crippen LogP contribution < -0.4 is 5.32 Å². The highest BCUT2D eigenvalue weighted by Gasteiger charge is 2.12. The molecule has 2 rings (SSSR count). The number of thioether (sulfide) groups is 1. The first-order valence-electron chi connectivity index (χ1n) is 8.92. The van der Waals surface area contributed by atoms with E-state index in [0.29, 0.717) is 10.8 Å². The van der Waals surface area contributed by atoms with E-state index in [9.17, 15) is 9.59 Å². The van der Waals surface area contributed by atoms with Crippen LogP contribution in [0.1, 0.15) is 30.5 Å². The second-order valence-corrected chi connectivity index (χ2v) is 7.34. The second-order valence-electron chi connectivity index (χ2n) is 5.95. The Hall–Kier alpha value is -1.98. The van der Waals surface area contributed by atoms with Crippen LogP contribution in [0.3, 0.4) is 0 Å². The van der Waals surface area contributed by atoms with Gasteiger partial charge < -0.3 is 10.1 Å². The summed E-state index contributed by atoms with van der Waals surface area (Å²) in [6.07, 6.45) is 1.64. The van der Waals surface area contributed by atoms with E-state index in [4.69, 9.17) is 16.3 Å². The monoisotopic (exact) mass is 405 g/mol. The minimum Gasteiger partial charge on any atom is -0.455 e. The summed E-state index contributed by atoms with van der Waals surface area (Å²) in [5.74, 6) is 0.0476. The Morgan fingerprint density at radius 1 is 1.00 bits per heavy atom. The first-order valence-corrected chi connectivity index (χ1v) is 10.5. The Morgan fingerprint density at radius 3 is 2.26 bits per heavy atom. The van der Waals surface area contributed by atoms with Gasteiger partial charge in [-0.1, -0.05) is 61.8 Å². The lowest BCUT2D eigenvalue weighted by atomic mass is 10.0. The number of benzene rings is 2. The normalized spacial score (nSPS) is 10.5. The maximum atomic E-state index is 12.2. The third kappa shape index (κ3) is 6.60. The maximum Gasteiger partial charge on any atom is 0.316 e. The van der Waals surface area contributed by atoms with Crippen molar-refractivity contribution in [2.24, 2.45) is 0 Å². The van der Waals surface area contributed by atoms with Gasteiger partial charge >= 0.3 is 5.97 Å². The summed E-state index contributed by atoms with van der Waals surface area (Å²) in [6, 6.07) is 13.5. The van der Waals surface area contributed by atoms with Gasteiger partial charge in [-0.05, 0) is 35.6 Å². The quantitative estimate of drug-likeness (QED) is 0.604. The van der Waals surface area contributed by atoms with Gasteiger partial charge in [0.05, 0.1) is 5.75 Å². The SMILES string of the molecule is CCc1cccc(CC)c1NC(=O)COC(=O)CSCc1ccccc1Cl. The fourth-order valence-corrected chi connectivity index (χ4v) is 3.73. The van der Waals surface area contributed by atoms with Gasteiger partial charge in [0.1, 0.15) is 0 Å². The number of aryl methyl sites for hydroxylation is 2. The van der Waals surface area contributed by atoms with Crippen LogP contribution in [0, 0.1) is 0 Å². The van der Waals surface area contributed by atoms with Crippen molar-refractivity contribution in [3.05, 3.63) is 64.2 Å². The molecular formula is C21H24ClNO3S. The number of carbonyl (C=O) groups excluding carboxylic acids is 2. The van der Waals surface area contributed by atoms with E-state index in [0.717, 1.165) is 35.2 Å². The lowest BCUT2D eigenvalue weighted by Crippen LogP contribution is -2.23. The number of hydrogen-bond donors (Lipinski definition) is 1. The molecular weight excluding hydrogens is 382 g/mol. The molecule has 0 atom stereocenters. The molecule has 1 amide bonds. The van der Waals surface area contributed by atoms with Crippen molar-refractivity contribution in [2.45, 2.75) is 32.4 Å². The number of rotatable bonds is 9. The summed E-state index contributed by atoms with van der Waals surface area (Å²) in [6.45, 7) is 3.80. The molecule has 27 heavy (non-hydrogen) atoms. The molecule has 0 bridgehead atoms. The predicted octanol–water partition coefficient (Wildman–Crippen LogP) is 4.88. The van der Waals surface area contributed by atoms with E-state index in [2.05, 4.69) is 5.32 Å². The van der Waals surface area contributed by atoms with Crippen LogP contribution in [-0.2, 0) is 32.9 Å². The van der Waals surface area contributed by atoms with Crippen molar-refractivity contribution >= 4 is 40.9 Å². The van der Waals surface area contributed by atoms with Crippen LogP contribution in [0.5, 0.6) is 0 Å². The average molecular weight is 406 g/mol. The van der Waals surface area contributed by atoms with Gasteiger partial charge in [0.25, 0.3) is 5.91 Å². The van der Waals surface area contributed by atoms with E-state index in [1.54, 1.807) is 0 Å². The summed E-state index contributed by atoms with van der Waals surface area (Å²) in [7, 11) is 0. The highest BCUT2D eigenvalue weighted by molar-refractivity contribution is 7.99. The number of nitrogens with one attached hydrogen (secondary N) is 1. The lowest BCUT2D eigenvalue weighted by Gasteiger charge is -2.14. The fourth-order valence-electron chi connectivity index (χ4n) is 2.63. The molecule has 6 heteroatoms. The number of para-hydroxylation sites is 1. The molecule has 0 heterocycles. The van der Waals surface area contributed by atoms with Crippen LogP contribution in [0.4, 0.5) is 5.69 Å². The minimum absolute atomic E-state index is 0.171. The number of esters is 1. The van der Waals surface area contributed by atoms with E-state index >= 15 is 0 Å². The van der Waals surface area contributed by atoms with Gasteiger partial charge in [0.2, 0.25) is 0 Å². The van der Waals surface area contributed by atoms with E-state index in [1.165, 1.54) is 11.8 Å². The van der Waals surface area contributed by atoms with Crippen LogP contribution in [-0.4, -0.2) is 24.2 Å². The minimum atomic E-state index is -0.415.